The Hall–Kier alpha value is -1.75. The highest BCUT2D eigenvalue weighted by Gasteiger charge is 2.24. The van der Waals surface area contributed by atoms with Gasteiger partial charge in [0.25, 0.3) is 0 Å². The number of amides is 2. The minimum absolute atomic E-state index is 0.0341. The lowest BCUT2D eigenvalue weighted by molar-refractivity contribution is -0.136. The summed E-state index contributed by atoms with van der Waals surface area (Å²) in [7, 11) is 0. The van der Waals surface area contributed by atoms with Crippen LogP contribution in [0.4, 0.5) is 5.69 Å². The molecule has 1 aliphatic heterocycles. The van der Waals surface area contributed by atoms with Gasteiger partial charge < -0.3 is 15.1 Å². The average molecular weight is 364 g/mol. The van der Waals surface area contributed by atoms with Gasteiger partial charge in [-0.1, -0.05) is 36.9 Å². The molecule has 5 nitrogen and oxygen atoms in total. The first-order valence-electron chi connectivity index (χ1n) is 9.19. The first-order valence-corrected chi connectivity index (χ1v) is 9.57. The lowest BCUT2D eigenvalue weighted by Gasteiger charge is -2.36. The van der Waals surface area contributed by atoms with Gasteiger partial charge in [0.2, 0.25) is 11.8 Å². The molecule has 1 aliphatic carbocycles. The van der Waals surface area contributed by atoms with Crippen LogP contribution in [-0.4, -0.2) is 48.9 Å². The molecule has 0 bridgehead atoms. The zero-order valence-electron chi connectivity index (χ0n) is 14.5. The summed E-state index contributed by atoms with van der Waals surface area (Å²) in [5.74, 6) is -0.201. The maximum Gasteiger partial charge on any atom is 0.232 e. The van der Waals surface area contributed by atoms with Crippen LogP contribution in [0.25, 0.3) is 0 Å². The third-order valence-electron chi connectivity index (χ3n) is 5.09. The smallest absolute Gasteiger partial charge is 0.232 e. The summed E-state index contributed by atoms with van der Waals surface area (Å²) in [6.07, 6.45) is 5.64. The summed E-state index contributed by atoms with van der Waals surface area (Å²) in [6.45, 7) is 2.80. The van der Waals surface area contributed by atoms with E-state index in [2.05, 4.69) is 10.2 Å². The summed E-state index contributed by atoms with van der Waals surface area (Å²) in [5, 5.41) is 3.74. The lowest BCUT2D eigenvalue weighted by Crippen LogP contribution is -2.50. The topological polar surface area (TPSA) is 52.7 Å². The van der Waals surface area contributed by atoms with Gasteiger partial charge in [0.05, 0.1) is 0 Å². The Bertz CT molecular complexity index is 608. The highest BCUT2D eigenvalue weighted by atomic mass is 35.5. The van der Waals surface area contributed by atoms with E-state index in [1.807, 2.05) is 24.3 Å². The van der Waals surface area contributed by atoms with Crippen LogP contribution in [0, 0.1) is 0 Å². The molecule has 136 valence electrons. The maximum atomic E-state index is 12.4. The van der Waals surface area contributed by atoms with E-state index in [9.17, 15) is 9.59 Å². The number of nitrogens with one attached hydrogen (secondary N) is 1. The monoisotopic (exact) mass is 363 g/mol. The number of hydrogen-bond donors (Lipinski definition) is 1. The summed E-state index contributed by atoms with van der Waals surface area (Å²) in [6, 6.07) is 8.02. The fourth-order valence-electron chi connectivity index (χ4n) is 3.66. The number of halogens is 1. The van der Waals surface area contributed by atoms with Gasteiger partial charge in [-0.3, -0.25) is 9.59 Å². The fraction of sp³-hybridized carbons (Fsp3) is 0.579. The molecule has 1 aromatic rings. The third-order valence-corrected chi connectivity index (χ3v) is 5.32. The second-order valence-electron chi connectivity index (χ2n) is 6.93. The van der Waals surface area contributed by atoms with Gasteiger partial charge in [0.15, 0.2) is 0 Å². The van der Waals surface area contributed by atoms with E-state index >= 15 is 0 Å². The van der Waals surface area contributed by atoms with Crippen LogP contribution < -0.4 is 10.2 Å². The molecule has 0 atom stereocenters. The molecule has 1 saturated heterocycles. The molecule has 1 aromatic carbocycles. The van der Waals surface area contributed by atoms with Gasteiger partial charge in [-0.2, -0.15) is 0 Å². The van der Waals surface area contributed by atoms with Gasteiger partial charge in [-0.15, -0.1) is 0 Å². The van der Waals surface area contributed by atoms with E-state index in [4.69, 9.17) is 11.6 Å². The van der Waals surface area contributed by atoms with Gasteiger partial charge in [-0.05, 0) is 31.0 Å². The number of rotatable bonds is 4. The van der Waals surface area contributed by atoms with Gasteiger partial charge in [0.1, 0.15) is 6.42 Å². The number of anilines is 1. The van der Waals surface area contributed by atoms with Crippen molar-refractivity contribution in [1.82, 2.24) is 10.2 Å². The van der Waals surface area contributed by atoms with Crippen molar-refractivity contribution in [2.75, 3.05) is 31.1 Å². The van der Waals surface area contributed by atoms with Crippen LogP contribution >= 0.6 is 11.6 Å². The summed E-state index contributed by atoms with van der Waals surface area (Å²) in [5.41, 5.74) is 1.08. The van der Waals surface area contributed by atoms with Crippen LogP contribution in [0.15, 0.2) is 24.3 Å². The second kappa shape index (κ2) is 8.56. The number of carbonyl (C=O) groups excluding carboxylic acids is 2. The number of hydrogen-bond acceptors (Lipinski definition) is 3. The molecular weight excluding hydrogens is 338 g/mol. The van der Waals surface area contributed by atoms with E-state index in [1.54, 1.807) is 4.90 Å². The Morgan fingerprint density at radius 3 is 2.48 bits per heavy atom. The summed E-state index contributed by atoms with van der Waals surface area (Å²) in [4.78, 5) is 28.5. The van der Waals surface area contributed by atoms with E-state index in [0.29, 0.717) is 13.1 Å². The molecule has 2 fully saturated rings. The second-order valence-corrected chi connectivity index (χ2v) is 7.36. The van der Waals surface area contributed by atoms with Crippen LogP contribution in [0.5, 0.6) is 0 Å². The Balaban J connectivity index is 1.44. The molecule has 0 unspecified atom stereocenters. The normalized spacial score (nSPS) is 18.9. The molecule has 1 heterocycles. The molecule has 25 heavy (non-hydrogen) atoms. The molecule has 0 aromatic heterocycles. The standard InChI is InChI=1S/C19H26ClN3O2/c20-15-5-4-8-17(13-15)22-9-11-23(12-10-22)19(25)14-18(24)21-16-6-2-1-3-7-16/h4-5,8,13,16H,1-3,6-7,9-12,14H2,(H,21,24). The maximum absolute atomic E-state index is 12.4. The van der Waals surface area contributed by atoms with Crippen LogP contribution in [0.2, 0.25) is 5.02 Å². The Morgan fingerprint density at radius 2 is 1.80 bits per heavy atom. The van der Waals surface area contributed by atoms with E-state index in [1.165, 1.54) is 19.3 Å². The molecular formula is C19H26ClN3O2. The molecule has 1 saturated carbocycles. The van der Waals surface area contributed by atoms with Crippen molar-refractivity contribution in [2.24, 2.45) is 0 Å². The summed E-state index contributed by atoms with van der Waals surface area (Å²) < 4.78 is 0. The third kappa shape index (κ3) is 5.11. The largest absolute Gasteiger partial charge is 0.368 e. The van der Waals surface area contributed by atoms with E-state index in [0.717, 1.165) is 36.6 Å². The quantitative estimate of drug-likeness (QED) is 0.837. The SMILES string of the molecule is O=C(CC(=O)N1CCN(c2cccc(Cl)c2)CC1)NC1CCCCC1. The molecule has 6 heteroatoms. The molecule has 2 aliphatic rings. The van der Waals surface area contributed by atoms with Crippen molar-refractivity contribution >= 4 is 29.1 Å². The van der Waals surface area contributed by atoms with Crippen molar-refractivity contribution in [3.05, 3.63) is 29.3 Å². The average Bonchev–Trinajstić information content (AvgIpc) is 2.62. The highest BCUT2D eigenvalue weighted by molar-refractivity contribution is 6.30. The van der Waals surface area contributed by atoms with Crippen molar-refractivity contribution in [2.45, 2.75) is 44.6 Å². The van der Waals surface area contributed by atoms with Crippen LogP contribution in [-0.2, 0) is 9.59 Å². The first-order chi connectivity index (χ1) is 12.1. The predicted molar refractivity (Wildman–Crippen MR) is 99.9 cm³/mol. The van der Waals surface area contributed by atoms with E-state index < -0.39 is 0 Å². The zero-order valence-corrected chi connectivity index (χ0v) is 15.3. The van der Waals surface area contributed by atoms with Crippen molar-refractivity contribution in [3.8, 4) is 0 Å². The fourth-order valence-corrected chi connectivity index (χ4v) is 3.85. The number of benzene rings is 1. The van der Waals surface area contributed by atoms with Crippen molar-refractivity contribution in [3.63, 3.8) is 0 Å². The van der Waals surface area contributed by atoms with Crippen LogP contribution in [0.1, 0.15) is 38.5 Å². The van der Waals surface area contributed by atoms with Crippen molar-refractivity contribution < 1.29 is 9.59 Å². The number of nitrogens with zero attached hydrogens (tertiary/aromatic N) is 2. The Morgan fingerprint density at radius 1 is 1.08 bits per heavy atom. The molecule has 2 amide bonds. The van der Waals surface area contributed by atoms with Gasteiger partial charge in [0, 0.05) is 42.9 Å². The van der Waals surface area contributed by atoms with Gasteiger partial charge in [-0.25, -0.2) is 0 Å². The highest BCUT2D eigenvalue weighted by Crippen LogP contribution is 2.21. The van der Waals surface area contributed by atoms with Gasteiger partial charge >= 0.3 is 0 Å². The molecule has 3 rings (SSSR count). The number of carbonyl (C=O) groups is 2. The zero-order chi connectivity index (χ0) is 17.6. The predicted octanol–water partition coefficient (Wildman–Crippen LogP) is 2.83. The van der Waals surface area contributed by atoms with Crippen LogP contribution in [0.3, 0.4) is 0 Å². The Kier molecular flexibility index (Phi) is 6.19. The summed E-state index contributed by atoms with van der Waals surface area (Å²) >= 11 is 6.04. The number of piperazine rings is 1. The lowest BCUT2D eigenvalue weighted by atomic mass is 9.95. The van der Waals surface area contributed by atoms with E-state index in [-0.39, 0.29) is 24.3 Å². The molecule has 1 N–H and O–H groups in total. The minimum Gasteiger partial charge on any atom is -0.368 e. The minimum atomic E-state index is -0.130. The molecule has 0 radical (unpaired) electrons. The Labute approximate surface area is 154 Å². The first kappa shape index (κ1) is 18.1. The van der Waals surface area contributed by atoms with Crippen molar-refractivity contribution in [1.29, 1.82) is 0 Å². The molecule has 0 spiro atoms.